The zero-order chi connectivity index (χ0) is 13.5. The van der Waals surface area contributed by atoms with Crippen LogP contribution in [0.15, 0.2) is 47.8 Å². The first-order valence-corrected chi connectivity index (χ1v) is 7.16. The highest BCUT2D eigenvalue weighted by Crippen LogP contribution is 2.24. The summed E-state index contributed by atoms with van der Waals surface area (Å²) in [6.07, 6.45) is 5.11. The number of nitrogens with zero attached hydrogens (tertiary/aromatic N) is 2. The minimum Gasteiger partial charge on any atom is -0.308 e. The third-order valence-electron chi connectivity index (χ3n) is 2.60. The standard InChI is InChI=1S/C14H16FN3S/c1-2-17-14(13-9-16-6-7-18-13)10-19-12-5-3-4-11(15)8-12/h3-9,14,17H,2,10H2,1H3. The summed E-state index contributed by atoms with van der Waals surface area (Å²) < 4.78 is 13.1. The smallest absolute Gasteiger partial charge is 0.124 e. The van der Waals surface area contributed by atoms with E-state index < -0.39 is 0 Å². The lowest BCUT2D eigenvalue weighted by atomic mass is 10.2. The van der Waals surface area contributed by atoms with E-state index in [2.05, 4.69) is 22.2 Å². The molecule has 0 aliphatic rings. The summed E-state index contributed by atoms with van der Waals surface area (Å²) >= 11 is 1.61. The number of hydrogen-bond donors (Lipinski definition) is 1. The molecule has 2 aromatic rings. The minimum absolute atomic E-state index is 0.118. The zero-order valence-electron chi connectivity index (χ0n) is 10.7. The van der Waals surface area contributed by atoms with E-state index in [4.69, 9.17) is 0 Å². The Bertz CT molecular complexity index is 507. The van der Waals surface area contributed by atoms with Crippen molar-refractivity contribution in [3.05, 3.63) is 54.4 Å². The predicted octanol–water partition coefficient (Wildman–Crippen LogP) is 3.06. The number of aromatic nitrogens is 2. The topological polar surface area (TPSA) is 37.8 Å². The van der Waals surface area contributed by atoms with Crippen LogP contribution in [0.3, 0.4) is 0 Å². The predicted molar refractivity (Wildman–Crippen MR) is 75.6 cm³/mol. The number of rotatable bonds is 6. The second kappa shape index (κ2) is 7.21. The SMILES string of the molecule is CCNC(CSc1cccc(F)c1)c1cnccn1. The maximum Gasteiger partial charge on any atom is 0.124 e. The van der Waals surface area contributed by atoms with Gasteiger partial charge in [0, 0.05) is 29.2 Å². The van der Waals surface area contributed by atoms with Gasteiger partial charge in [0.2, 0.25) is 0 Å². The van der Waals surface area contributed by atoms with Gasteiger partial charge in [-0.15, -0.1) is 11.8 Å². The second-order valence-electron chi connectivity index (χ2n) is 4.01. The lowest BCUT2D eigenvalue weighted by Gasteiger charge is -2.16. The van der Waals surface area contributed by atoms with E-state index in [1.165, 1.54) is 6.07 Å². The Morgan fingerprint density at radius 2 is 2.26 bits per heavy atom. The Balaban J connectivity index is 2.01. The summed E-state index contributed by atoms with van der Waals surface area (Å²) in [5.41, 5.74) is 0.910. The van der Waals surface area contributed by atoms with Crippen LogP contribution in [-0.2, 0) is 0 Å². The average Bonchev–Trinajstić information content (AvgIpc) is 2.44. The summed E-state index contributed by atoms with van der Waals surface area (Å²) in [6.45, 7) is 2.90. The molecule has 1 aromatic carbocycles. The van der Waals surface area contributed by atoms with Gasteiger partial charge in [0.15, 0.2) is 0 Å². The molecule has 5 heteroatoms. The number of thioether (sulfide) groups is 1. The first-order valence-electron chi connectivity index (χ1n) is 6.17. The van der Waals surface area contributed by atoms with Crippen molar-refractivity contribution in [1.29, 1.82) is 0 Å². The van der Waals surface area contributed by atoms with Gasteiger partial charge in [0.25, 0.3) is 0 Å². The van der Waals surface area contributed by atoms with E-state index in [1.54, 1.807) is 42.5 Å². The maximum atomic E-state index is 13.1. The van der Waals surface area contributed by atoms with Crippen LogP contribution in [0.4, 0.5) is 4.39 Å². The van der Waals surface area contributed by atoms with Gasteiger partial charge in [-0.05, 0) is 24.7 Å². The average molecular weight is 277 g/mol. The quantitative estimate of drug-likeness (QED) is 0.824. The number of hydrogen-bond acceptors (Lipinski definition) is 4. The first kappa shape index (κ1) is 14.0. The summed E-state index contributed by atoms with van der Waals surface area (Å²) in [5.74, 6) is 0.584. The molecule has 0 spiro atoms. The van der Waals surface area contributed by atoms with E-state index in [-0.39, 0.29) is 11.9 Å². The monoisotopic (exact) mass is 277 g/mol. The minimum atomic E-state index is -0.204. The first-order chi connectivity index (χ1) is 9.29. The van der Waals surface area contributed by atoms with E-state index in [9.17, 15) is 4.39 Å². The van der Waals surface area contributed by atoms with E-state index in [0.29, 0.717) is 0 Å². The van der Waals surface area contributed by atoms with E-state index >= 15 is 0 Å². The zero-order valence-corrected chi connectivity index (χ0v) is 11.5. The maximum absolute atomic E-state index is 13.1. The molecule has 0 aliphatic carbocycles. The number of nitrogens with one attached hydrogen (secondary N) is 1. The Hall–Kier alpha value is -1.46. The van der Waals surface area contributed by atoms with Crippen LogP contribution >= 0.6 is 11.8 Å². The highest BCUT2D eigenvalue weighted by Gasteiger charge is 2.12. The third kappa shape index (κ3) is 4.29. The van der Waals surface area contributed by atoms with Crippen molar-refractivity contribution in [3.8, 4) is 0 Å². The van der Waals surface area contributed by atoms with E-state index in [0.717, 1.165) is 22.9 Å². The molecule has 0 amide bonds. The summed E-state index contributed by atoms with van der Waals surface area (Å²) in [7, 11) is 0. The molecule has 2 rings (SSSR count). The van der Waals surface area contributed by atoms with Crippen molar-refractivity contribution >= 4 is 11.8 Å². The van der Waals surface area contributed by atoms with Gasteiger partial charge in [0.1, 0.15) is 5.82 Å². The second-order valence-corrected chi connectivity index (χ2v) is 5.10. The van der Waals surface area contributed by atoms with Gasteiger partial charge in [-0.2, -0.15) is 0 Å². The molecule has 0 saturated carbocycles. The Labute approximate surface area is 116 Å². The molecule has 0 bridgehead atoms. The molecule has 0 saturated heterocycles. The molecule has 100 valence electrons. The van der Waals surface area contributed by atoms with Gasteiger partial charge < -0.3 is 5.32 Å². The van der Waals surface area contributed by atoms with Crippen LogP contribution < -0.4 is 5.32 Å². The number of benzene rings is 1. The van der Waals surface area contributed by atoms with Crippen LogP contribution in [0, 0.1) is 5.82 Å². The fourth-order valence-corrected chi connectivity index (χ4v) is 2.74. The lowest BCUT2D eigenvalue weighted by molar-refractivity contribution is 0.588. The normalized spacial score (nSPS) is 12.3. The molecule has 1 atom stereocenters. The molecule has 1 heterocycles. The third-order valence-corrected chi connectivity index (χ3v) is 3.69. The fraction of sp³-hybridized carbons (Fsp3) is 0.286. The molecule has 0 fully saturated rings. The van der Waals surface area contributed by atoms with Crippen molar-refractivity contribution < 1.29 is 4.39 Å². The van der Waals surface area contributed by atoms with Crippen LogP contribution in [0.5, 0.6) is 0 Å². The van der Waals surface area contributed by atoms with Crippen molar-refractivity contribution in [2.75, 3.05) is 12.3 Å². The van der Waals surface area contributed by atoms with Crippen LogP contribution in [0.1, 0.15) is 18.7 Å². The lowest BCUT2D eigenvalue weighted by Crippen LogP contribution is -2.24. The van der Waals surface area contributed by atoms with Gasteiger partial charge in [-0.1, -0.05) is 13.0 Å². The highest BCUT2D eigenvalue weighted by molar-refractivity contribution is 7.99. The van der Waals surface area contributed by atoms with Crippen molar-refractivity contribution in [1.82, 2.24) is 15.3 Å². The molecule has 19 heavy (non-hydrogen) atoms. The van der Waals surface area contributed by atoms with Crippen molar-refractivity contribution in [2.45, 2.75) is 17.9 Å². The van der Waals surface area contributed by atoms with Gasteiger partial charge >= 0.3 is 0 Å². The Morgan fingerprint density at radius 3 is 2.95 bits per heavy atom. The van der Waals surface area contributed by atoms with Gasteiger partial charge in [-0.3, -0.25) is 9.97 Å². The molecule has 3 nitrogen and oxygen atoms in total. The summed E-state index contributed by atoms with van der Waals surface area (Å²) in [5, 5.41) is 3.37. The number of halogens is 1. The molecule has 1 aromatic heterocycles. The van der Waals surface area contributed by atoms with Crippen molar-refractivity contribution in [2.24, 2.45) is 0 Å². The van der Waals surface area contributed by atoms with Crippen LogP contribution in [0.25, 0.3) is 0 Å². The van der Waals surface area contributed by atoms with Gasteiger partial charge in [0.05, 0.1) is 11.7 Å². The Kier molecular flexibility index (Phi) is 5.30. The fourth-order valence-electron chi connectivity index (χ4n) is 1.72. The van der Waals surface area contributed by atoms with Crippen LogP contribution in [0.2, 0.25) is 0 Å². The molecular formula is C14H16FN3S. The summed E-state index contributed by atoms with van der Waals surface area (Å²) in [4.78, 5) is 9.32. The highest BCUT2D eigenvalue weighted by atomic mass is 32.2. The molecule has 0 radical (unpaired) electrons. The Morgan fingerprint density at radius 1 is 1.37 bits per heavy atom. The molecule has 1 unspecified atom stereocenters. The summed E-state index contributed by atoms with van der Waals surface area (Å²) in [6, 6.07) is 6.75. The van der Waals surface area contributed by atoms with Gasteiger partial charge in [-0.25, -0.2) is 4.39 Å². The van der Waals surface area contributed by atoms with Crippen LogP contribution in [-0.4, -0.2) is 22.3 Å². The molecular weight excluding hydrogens is 261 g/mol. The largest absolute Gasteiger partial charge is 0.308 e. The van der Waals surface area contributed by atoms with E-state index in [1.807, 2.05) is 6.07 Å². The molecule has 1 N–H and O–H groups in total. The molecule has 0 aliphatic heterocycles. The van der Waals surface area contributed by atoms with Crippen molar-refractivity contribution in [3.63, 3.8) is 0 Å².